The number of hydrogen-bond acceptors (Lipinski definition) is 6. The number of amides is 1. The van der Waals surface area contributed by atoms with Crippen LogP contribution in [0.5, 0.6) is 0 Å². The molecule has 0 aliphatic carbocycles. The monoisotopic (exact) mass is 411 g/mol. The minimum atomic E-state index is -0.00711. The molecule has 2 fully saturated rings. The molecule has 1 amide bonds. The van der Waals surface area contributed by atoms with E-state index < -0.39 is 0 Å². The Hall–Kier alpha value is -0.410. The van der Waals surface area contributed by atoms with Gasteiger partial charge in [-0.25, -0.2) is 0 Å². The van der Waals surface area contributed by atoms with Crippen molar-refractivity contribution < 1.29 is 14.3 Å². The molecule has 2 N–H and O–H groups in total. The van der Waals surface area contributed by atoms with Crippen LogP contribution in [0.2, 0.25) is 0 Å². The number of rotatable bonds is 6. The maximum atomic E-state index is 12.2. The lowest BCUT2D eigenvalue weighted by Crippen LogP contribution is -2.45. The fourth-order valence-electron chi connectivity index (χ4n) is 3.02. The maximum absolute atomic E-state index is 12.2. The van der Waals surface area contributed by atoms with E-state index in [1.807, 2.05) is 0 Å². The van der Waals surface area contributed by atoms with Crippen LogP contribution in [0.1, 0.15) is 17.3 Å². The second kappa shape index (κ2) is 12.1. The Morgan fingerprint density at radius 2 is 2.16 bits per heavy atom. The number of ether oxygens (including phenoxy) is 2. The van der Waals surface area contributed by atoms with Crippen molar-refractivity contribution in [2.75, 3.05) is 52.5 Å². The molecule has 3 rings (SSSR count). The van der Waals surface area contributed by atoms with E-state index in [1.54, 1.807) is 11.3 Å². The van der Waals surface area contributed by atoms with E-state index in [9.17, 15) is 4.79 Å². The summed E-state index contributed by atoms with van der Waals surface area (Å²) in [5, 5.41) is 8.44. The summed E-state index contributed by atoms with van der Waals surface area (Å²) in [5.41, 5.74) is 0. The molecular formula is C16H27Cl2N3O3S. The van der Waals surface area contributed by atoms with Crippen LogP contribution in [-0.2, 0) is 14.3 Å². The van der Waals surface area contributed by atoms with Gasteiger partial charge in [-0.2, -0.15) is 0 Å². The van der Waals surface area contributed by atoms with Crippen molar-refractivity contribution in [2.45, 2.75) is 18.6 Å². The predicted molar refractivity (Wildman–Crippen MR) is 104 cm³/mol. The van der Waals surface area contributed by atoms with Crippen molar-refractivity contribution in [3.05, 3.63) is 22.4 Å². The van der Waals surface area contributed by atoms with Gasteiger partial charge in [-0.15, -0.1) is 36.2 Å². The van der Waals surface area contributed by atoms with Crippen molar-refractivity contribution in [2.24, 2.45) is 0 Å². The summed E-state index contributed by atoms with van der Waals surface area (Å²) in [6.07, 6.45) is 0.417. The van der Waals surface area contributed by atoms with E-state index in [2.05, 4.69) is 33.0 Å². The SMILES string of the molecule is Cl.Cl.O=C(CC1CNCCO1)NCC(c1cccs1)N1CCOCC1. The molecule has 6 nitrogen and oxygen atoms in total. The lowest BCUT2D eigenvalue weighted by molar-refractivity contribution is -0.124. The molecule has 2 aliphatic heterocycles. The Morgan fingerprint density at radius 1 is 1.36 bits per heavy atom. The quantitative estimate of drug-likeness (QED) is 0.741. The van der Waals surface area contributed by atoms with Crippen LogP contribution in [0.4, 0.5) is 0 Å². The highest BCUT2D eigenvalue weighted by Crippen LogP contribution is 2.25. The molecule has 0 aromatic carbocycles. The minimum absolute atomic E-state index is 0. The van der Waals surface area contributed by atoms with Gasteiger partial charge in [0.1, 0.15) is 0 Å². The van der Waals surface area contributed by atoms with E-state index in [-0.39, 0.29) is 42.9 Å². The van der Waals surface area contributed by atoms with Gasteiger partial charge in [-0.05, 0) is 11.4 Å². The van der Waals surface area contributed by atoms with Gasteiger partial charge >= 0.3 is 0 Å². The predicted octanol–water partition coefficient (Wildman–Crippen LogP) is 1.46. The number of nitrogens with one attached hydrogen (secondary N) is 2. The van der Waals surface area contributed by atoms with Gasteiger partial charge in [-0.3, -0.25) is 9.69 Å². The normalized spacial score (nSPS) is 22.3. The van der Waals surface area contributed by atoms with E-state index in [0.29, 0.717) is 19.6 Å². The standard InChI is InChI=1S/C16H25N3O3S.2ClH/c20-16(10-13-11-17-3-6-22-13)18-12-14(15-2-1-9-23-15)19-4-7-21-8-5-19;;/h1-2,9,13-14,17H,3-8,10-12H2,(H,18,20);2*1H. The maximum Gasteiger partial charge on any atom is 0.222 e. The molecule has 1 aromatic rings. The van der Waals surface area contributed by atoms with Crippen LogP contribution in [0, 0.1) is 0 Å². The highest BCUT2D eigenvalue weighted by molar-refractivity contribution is 7.10. The van der Waals surface area contributed by atoms with Crippen LogP contribution in [0.25, 0.3) is 0 Å². The number of hydrogen-bond donors (Lipinski definition) is 2. The molecule has 9 heteroatoms. The van der Waals surface area contributed by atoms with E-state index >= 15 is 0 Å². The second-order valence-electron chi connectivity index (χ2n) is 5.88. The van der Waals surface area contributed by atoms with Gasteiger partial charge in [-0.1, -0.05) is 6.07 Å². The topological polar surface area (TPSA) is 62.8 Å². The molecule has 1 aromatic heterocycles. The summed E-state index contributed by atoms with van der Waals surface area (Å²) in [5.74, 6) is 0.0634. The van der Waals surface area contributed by atoms with Gasteiger partial charge < -0.3 is 20.1 Å². The molecule has 2 saturated heterocycles. The van der Waals surface area contributed by atoms with Crippen molar-refractivity contribution in [3.8, 4) is 0 Å². The highest BCUT2D eigenvalue weighted by atomic mass is 35.5. The van der Waals surface area contributed by atoms with Crippen molar-refractivity contribution in [1.82, 2.24) is 15.5 Å². The average Bonchev–Trinajstić information content (AvgIpc) is 3.11. The first-order valence-electron chi connectivity index (χ1n) is 8.27. The molecule has 2 unspecified atom stereocenters. The fraction of sp³-hybridized carbons (Fsp3) is 0.688. The van der Waals surface area contributed by atoms with Gasteiger partial charge in [0, 0.05) is 37.6 Å². The smallest absolute Gasteiger partial charge is 0.222 e. The molecule has 2 aliphatic rings. The largest absolute Gasteiger partial charge is 0.379 e. The minimum Gasteiger partial charge on any atom is -0.379 e. The van der Waals surface area contributed by atoms with E-state index in [4.69, 9.17) is 9.47 Å². The van der Waals surface area contributed by atoms with Gasteiger partial charge in [0.25, 0.3) is 0 Å². The molecule has 25 heavy (non-hydrogen) atoms. The van der Waals surface area contributed by atoms with E-state index in [1.165, 1.54) is 4.88 Å². The summed E-state index contributed by atoms with van der Waals surface area (Å²) in [7, 11) is 0. The summed E-state index contributed by atoms with van der Waals surface area (Å²) >= 11 is 1.74. The van der Waals surface area contributed by atoms with Crippen LogP contribution in [0.3, 0.4) is 0 Å². The number of carbonyl (C=O) groups excluding carboxylic acids is 1. The average molecular weight is 412 g/mol. The molecule has 0 spiro atoms. The first-order chi connectivity index (χ1) is 11.3. The first-order valence-corrected chi connectivity index (χ1v) is 9.15. The number of carbonyl (C=O) groups is 1. The van der Waals surface area contributed by atoms with Crippen molar-refractivity contribution in [3.63, 3.8) is 0 Å². The Kier molecular flexibility index (Phi) is 10.9. The molecule has 2 atom stereocenters. The van der Waals surface area contributed by atoms with Crippen molar-refractivity contribution in [1.29, 1.82) is 0 Å². The molecule has 3 heterocycles. The second-order valence-corrected chi connectivity index (χ2v) is 6.86. The van der Waals surface area contributed by atoms with Crippen LogP contribution in [0.15, 0.2) is 17.5 Å². The van der Waals surface area contributed by atoms with Crippen molar-refractivity contribution >= 4 is 42.1 Å². The summed E-state index contributed by atoms with van der Waals surface area (Å²) in [4.78, 5) is 15.9. The molecule has 0 bridgehead atoms. The number of morpholine rings is 2. The summed E-state index contributed by atoms with van der Waals surface area (Å²) in [6, 6.07) is 4.44. The third-order valence-electron chi connectivity index (χ3n) is 4.27. The van der Waals surface area contributed by atoms with Gasteiger partial charge in [0.2, 0.25) is 5.91 Å². The van der Waals surface area contributed by atoms with Gasteiger partial charge in [0.05, 0.1) is 38.4 Å². The van der Waals surface area contributed by atoms with Crippen LogP contribution < -0.4 is 10.6 Å². The number of nitrogens with zero attached hydrogens (tertiary/aromatic N) is 1. The van der Waals surface area contributed by atoms with Crippen LogP contribution >= 0.6 is 36.2 Å². The third kappa shape index (κ3) is 7.02. The number of halogens is 2. The lowest BCUT2D eigenvalue weighted by atomic mass is 10.1. The molecular weight excluding hydrogens is 385 g/mol. The lowest BCUT2D eigenvalue weighted by Gasteiger charge is -2.34. The summed E-state index contributed by atoms with van der Waals surface area (Å²) < 4.78 is 11.0. The third-order valence-corrected chi connectivity index (χ3v) is 5.24. The van der Waals surface area contributed by atoms with E-state index in [0.717, 1.165) is 39.4 Å². The Balaban J connectivity index is 0.00000156. The molecule has 144 valence electrons. The highest BCUT2D eigenvalue weighted by Gasteiger charge is 2.24. The Bertz CT molecular complexity index is 481. The Morgan fingerprint density at radius 3 is 2.80 bits per heavy atom. The van der Waals surface area contributed by atoms with Crippen LogP contribution in [-0.4, -0.2) is 69.5 Å². The fourth-order valence-corrected chi connectivity index (χ4v) is 3.88. The number of thiophene rings is 1. The zero-order valence-corrected chi connectivity index (χ0v) is 16.6. The zero-order valence-electron chi connectivity index (χ0n) is 14.1. The zero-order chi connectivity index (χ0) is 15.9. The first kappa shape index (κ1) is 22.6. The summed E-state index contributed by atoms with van der Waals surface area (Å²) in [6.45, 7) is 6.29. The van der Waals surface area contributed by atoms with Gasteiger partial charge in [0.15, 0.2) is 0 Å². The molecule has 0 radical (unpaired) electrons. The Labute approximate surface area is 165 Å². The molecule has 0 saturated carbocycles.